The summed E-state index contributed by atoms with van der Waals surface area (Å²) in [6.07, 6.45) is 17.9. The fourth-order valence-corrected chi connectivity index (χ4v) is 1.82. The molecule has 0 bridgehead atoms. The van der Waals surface area contributed by atoms with Gasteiger partial charge in [-0.3, -0.25) is 0 Å². The summed E-state index contributed by atoms with van der Waals surface area (Å²) in [7, 11) is 0. The second-order valence-corrected chi connectivity index (χ2v) is 4.69. The molecule has 118 valence electrons. The molecule has 0 rings (SSSR count). The van der Waals surface area contributed by atoms with E-state index in [1.165, 1.54) is 83.0 Å². The molecule has 0 aliphatic carbocycles. The first-order valence-electron chi connectivity index (χ1n) is 7.93. The molecule has 0 saturated heterocycles. The highest BCUT2D eigenvalue weighted by Crippen LogP contribution is 2.10. The van der Waals surface area contributed by atoms with E-state index in [2.05, 4.69) is 31.4 Å². The van der Waals surface area contributed by atoms with Crippen molar-refractivity contribution in [1.82, 2.24) is 0 Å². The molecule has 0 saturated carbocycles. The molecule has 0 aromatic rings. The zero-order valence-electron chi connectivity index (χ0n) is 13.4. The number of rotatable bonds is 14. The van der Waals surface area contributed by atoms with Crippen molar-refractivity contribution in [2.24, 2.45) is 0 Å². The number of ether oxygens (including phenoxy) is 2. The van der Waals surface area contributed by atoms with E-state index in [1.807, 2.05) is 0 Å². The van der Waals surface area contributed by atoms with Crippen molar-refractivity contribution in [1.29, 1.82) is 0 Å². The van der Waals surface area contributed by atoms with E-state index in [0.29, 0.717) is 0 Å². The molecule has 0 aliphatic heterocycles. The van der Waals surface area contributed by atoms with Gasteiger partial charge in [-0.2, -0.15) is 0 Å². The Morgan fingerprint density at radius 2 is 1.10 bits per heavy atom. The Balaban J connectivity index is 0. The van der Waals surface area contributed by atoms with Crippen LogP contribution in [-0.2, 0) is 9.47 Å². The van der Waals surface area contributed by atoms with E-state index in [0.717, 1.165) is 6.61 Å². The summed E-state index contributed by atoms with van der Waals surface area (Å²) < 4.78 is 9.43. The highest BCUT2D eigenvalue weighted by Gasteiger charge is 1.92. The maximum atomic E-state index is 5.07. The van der Waals surface area contributed by atoms with Gasteiger partial charge >= 0.3 is 0 Å². The molecule has 0 atom stereocenters. The van der Waals surface area contributed by atoms with Crippen molar-refractivity contribution in [2.75, 3.05) is 6.61 Å². The molecule has 0 radical (unpaired) electrons. The minimum atomic E-state index is 0.847. The van der Waals surface area contributed by atoms with E-state index in [4.69, 9.17) is 4.74 Å². The summed E-state index contributed by atoms with van der Waals surface area (Å²) in [6.45, 7) is 13.2. The van der Waals surface area contributed by atoms with Crippen LogP contribution in [0.3, 0.4) is 0 Å². The Labute approximate surface area is 126 Å². The lowest BCUT2D eigenvalue weighted by atomic mass is 10.1. The third-order valence-corrected chi connectivity index (χ3v) is 2.93. The fraction of sp³-hybridized carbons (Fsp3) is 0.667. The van der Waals surface area contributed by atoms with E-state index < -0.39 is 0 Å². The largest absolute Gasteiger partial charge is 0.502 e. The number of hydrogen-bond acceptors (Lipinski definition) is 2. The monoisotopic (exact) mass is 282 g/mol. The molecule has 20 heavy (non-hydrogen) atoms. The third-order valence-electron chi connectivity index (χ3n) is 2.93. The standard InChI is InChI=1S/C14H28O.C4H6O/c1-3-5-6-7-8-9-10-11-12-13-14-15-4-2;1-3-5-4-2/h4H,2-3,5-14H2,1H3;3-4H,1-2H2. The van der Waals surface area contributed by atoms with Crippen LogP contribution in [0.25, 0.3) is 0 Å². The molecular formula is C18H34O2. The average Bonchev–Trinajstić information content (AvgIpc) is 2.46. The highest BCUT2D eigenvalue weighted by molar-refractivity contribution is 4.57. The van der Waals surface area contributed by atoms with Crippen LogP contribution >= 0.6 is 0 Å². The molecule has 0 N–H and O–H groups in total. The van der Waals surface area contributed by atoms with E-state index in [9.17, 15) is 0 Å². The van der Waals surface area contributed by atoms with Gasteiger partial charge in [0.15, 0.2) is 0 Å². The smallest absolute Gasteiger partial charge is 0.0873 e. The van der Waals surface area contributed by atoms with Crippen molar-refractivity contribution in [3.05, 3.63) is 38.5 Å². The summed E-state index contributed by atoms with van der Waals surface area (Å²) in [6, 6.07) is 0. The lowest BCUT2D eigenvalue weighted by Gasteiger charge is -2.02. The van der Waals surface area contributed by atoms with Crippen LogP contribution in [0.2, 0.25) is 0 Å². The molecule has 0 fully saturated rings. The molecule has 2 nitrogen and oxygen atoms in total. The average molecular weight is 282 g/mol. The number of unbranched alkanes of at least 4 members (excludes halogenated alkanes) is 9. The first-order chi connectivity index (χ1) is 9.83. The van der Waals surface area contributed by atoms with Gasteiger partial charge in [-0.1, -0.05) is 84.4 Å². The van der Waals surface area contributed by atoms with Gasteiger partial charge in [-0.05, 0) is 6.42 Å². The van der Waals surface area contributed by atoms with E-state index in [1.54, 1.807) is 0 Å². The minimum Gasteiger partial charge on any atom is -0.502 e. The topological polar surface area (TPSA) is 18.5 Å². The summed E-state index contributed by atoms with van der Waals surface area (Å²) in [4.78, 5) is 0. The van der Waals surface area contributed by atoms with Crippen LogP contribution in [0, 0.1) is 0 Å². The second kappa shape index (κ2) is 23.0. The molecule has 0 aliphatic rings. The molecule has 0 spiro atoms. The Hall–Kier alpha value is -1.18. The zero-order chi connectivity index (χ0) is 15.3. The Kier molecular flexibility index (Phi) is 24.2. The van der Waals surface area contributed by atoms with Crippen LogP contribution in [-0.4, -0.2) is 6.61 Å². The van der Waals surface area contributed by atoms with Crippen LogP contribution in [0.1, 0.15) is 71.1 Å². The van der Waals surface area contributed by atoms with Gasteiger partial charge in [0.05, 0.1) is 25.4 Å². The second-order valence-electron chi connectivity index (χ2n) is 4.69. The quantitative estimate of drug-likeness (QED) is 0.273. The van der Waals surface area contributed by atoms with Crippen LogP contribution in [0.15, 0.2) is 38.5 Å². The van der Waals surface area contributed by atoms with Crippen molar-refractivity contribution in [3.63, 3.8) is 0 Å². The van der Waals surface area contributed by atoms with Gasteiger partial charge in [0.1, 0.15) is 0 Å². The third kappa shape index (κ3) is 25.6. The van der Waals surface area contributed by atoms with Crippen LogP contribution in [0.5, 0.6) is 0 Å². The predicted octanol–water partition coefficient (Wildman–Crippen LogP) is 6.36. The lowest BCUT2D eigenvalue weighted by molar-refractivity contribution is 0.241. The minimum absolute atomic E-state index is 0.847. The molecule has 0 aromatic carbocycles. The van der Waals surface area contributed by atoms with Crippen LogP contribution < -0.4 is 0 Å². The Morgan fingerprint density at radius 1 is 0.650 bits per heavy atom. The maximum absolute atomic E-state index is 5.07. The van der Waals surface area contributed by atoms with Gasteiger partial charge in [0.25, 0.3) is 0 Å². The van der Waals surface area contributed by atoms with Crippen molar-refractivity contribution in [3.8, 4) is 0 Å². The Morgan fingerprint density at radius 3 is 1.45 bits per heavy atom. The fourth-order valence-electron chi connectivity index (χ4n) is 1.82. The van der Waals surface area contributed by atoms with Gasteiger partial charge < -0.3 is 9.47 Å². The highest BCUT2D eigenvalue weighted by atomic mass is 16.5. The maximum Gasteiger partial charge on any atom is 0.0873 e. The molecule has 0 aromatic heterocycles. The van der Waals surface area contributed by atoms with Gasteiger partial charge in [0, 0.05) is 0 Å². The normalized spacial score (nSPS) is 9.05. The summed E-state index contributed by atoms with van der Waals surface area (Å²) >= 11 is 0. The van der Waals surface area contributed by atoms with E-state index >= 15 is 0 Å². The van der Waals surface area contributed by atoms with Crippen LogP contribution in [0.4, 0.5) is 0 Å². The number of hydrogen-bond donors (Lipinski definition) is 0. The van der Waals surface area contributed by atoms with E-state index in [-0.39, 0.29) is 0 Å². The SMILES string of the molecule is C=COC=C.C=COCCCCCCCCCCCC. The van der Waals surface area contributed by atoms with Gasteiger partial charge in [-0.25, -0.2) is 0 Å². The Bertz CT molecular complexity index is 194. The summed E-state index contributed by atoms with van der Waals surface area (Å²) in [5.74, 6) is 0. The molecule has 0 unspecified atom stereocenters. The summed E-state index contributed by atoms with van der Waals surface area (Å²) in [5, 5.41) is 0. The van der Waals surface area contributed by atoms with Crippen molar-refractivity contribution in [2.45, 2.75) is 71.1 Å². The molecule has 0 heterocycles. The summed E-state index contributed by atoms with van der Waals surface area (Å²) in [5.41, 5.74) is 0. The van der Waals surface area contributed by atoms with Gasteiger partial charge in [0.2, 0.25) is 0 Å². The first kappa shape index (κ1) is 21.1. The van der Waals surface area contributed by atoms with Gasteiger partial charge in [-0.15, -0.1) is 0 Å². The lowest BCUT2D eigenvalue weighted by Crippen LogP contribution is -1.87. The molecule has 0 amide bonds. The van der Waals surface area contributed by atoms with Crippen molar-refractivity contribution < 1.29 is 9.47 Å². The van der Waals surface area contributed by atoms with Crippen molar-refractivity contribution >= 4 is 0 Å². The molecule has 2 heteroatoms. The first-order valence-corrected chi connectivity index (χ1v) is 7.93. The zero-order valence-corrected chi connectivity index (χ0v) is 13.4. The predicted molar refractivity (Wildman–Crippen MR) is 89.5 cm³/mol. The molecular weight excluding hydrogens is 248 g/mol.